The van der Waals surface area contributed by atoms with E-state index in [-0.39, 0.29) is 12.4 Å². The van der Waals surface area contributed by atoms with Gasteiger partial charge in [0.05, 0.1) is 0 Å². The maximum atomic E-state index is 3.56. The van der Waals surface area contributed by atoms with E-state index in [9.17, 15) is 0 Å². The van der Waals surface area contributed by atoms with Crippen LogP contribution in [-0.4, -0.2) is 7.05 Å². The zero-order valence-corrected chi connectivity index (χ0v) is 10.9. The van der Waals surface area contributed by atoms with Crippen LogP contribution in [0, 0.1) is 0 Å². The smallest absolute Gasteiger partial charge is 0.0253 e. The summed E-state index contributed by atoms with van der Waals surface area (Å²) in [4.78, 5) is 0. The van der Waals surface area contributed by atoms with Gasteiger partial charge in [-0.05, 0) is 29.4 Å². The van der Waals surface area contributed by atoms with E-state index in [1.807, 2.05) is 7.05 Å². The van der Waals surface area contributed by atoms with Crippen molar-refractivity contribution >= 4 is 39.1 Å². The predicted octanol–water partition coefficient (Wildman–Crippen LogP) is 3.74. The molecule has 0 aromatic heterocycles. The molecule has 0 aliphatic carbocycles. The predicted molar refractivity (Wildman–Crippen MR) is 71.7 cm³/mol. The third kappa shape index (κ3) is 2.51. The van der Waals surface area contributed by atoms with Gasteiger partial charge in [-0.2, -0.15) is 0 Å². The van der Waals surface area contributed by atoms with E-state index < -0.39 is 0 Å². The van der Waals surface area contributed by atoms with Gasteiger partial charge in [0, 0.05) is 11.0 Å². The SMILES string of the molecule is CNCc1ccc(Br)c2ccccc12.Cl. The topological polar surface area (TPSA) is 12.0 Å². The summed E-state index contributed by atoms with van der Waals surface area (Å²) in [6, 6.07) is 12.7. The van der Waals surface area contributed by atoms with Crippen LogP contribution >= 0.6 is 28.3 Å². The zero-order valence-electron chi connectivity index (χ0n) is 8.46. The van der Waals surface area contributed by atoms with Gasteiger partial charge >= 0.3 is 0 Å². The number of nitrogens with one attached hydrogen (secondary N) is 1. The van der Waals surface area contributed by atoms with Gasteiger partial charge in [-0.1, -0.05) is 46.3 Å². The number of hydrogen-bond acceptors (Lipinski definition) is 1. The van der Waals surface area contributed by atoms with Crippen LogP contribution in [0.2, 0.25) is 0 Å². The molecule has 3 heteroatoms. The zero-order chi connectivity index (χ0) is 9.97. The molecular formula is C12H13BrClN. The van der Waals surface area contributed by atoms with E-state index in [2.05, 4.69) is 57.6 Å². The molecule has 80 valence electrons. The Balaban J connectivity index is 0.00000112. The van der Waals surface area contributed by atoms with Crippen LogP contribution in [0.3, 0.4) is 0 Å². The van der Waals surface area contributed by atoms with Gasteiger partial charge in [-0.25, -0.2) is 0 Å². The van der Waals surface area contributed by atoms with Crippen molar-refractivity contribution in [2.75, 3.05) is 7.05 Å². The van der Waals surface area contributed by atoms with Crippen LogP contribution in [0.4, 0.5) is 0 Å². The molecule has 1 nitrogen and oxygen atoms in total. The summed E-state index contributed by atoms with van der Waals surface area (Å²) in [6.45, 7) is 0.911. The lowest BCUT2D eigenvalue weighted by Gasteiger charge is -2.07. The molecular weight excluding hydrogens is 273 g/mol. The Bertz CT molecular complexity index is 456. The monoisotopic (exact) mass is 285 g/mol. The van der Waals surface area contributed by atoms with Gasteiger partial charge in [-0.15, -0.1) is 12.4 Å². The maximum Gasteiger partial charge on any atom is 0.0253 e. The van der Waals surface area contributed by atoms with Crippen LogP contribution in [0.25, 0.3) is 10.8 Å². The highest BCUT2D eigenvalue weighted by Gasteiger charge is 2.02. The second-order valence-electron chi connectivity index (χ2n) is 3.28. The molecule has 0 aliphatic heterocycles. The molecule has 2 rings (SSSR count). The van der Waals surface area contributed by atoms with Crippen molar-refractivity contribution in [2.24, 2.45) is 0 Å². The second-order valence-corrected chi connectivity index (χ2v) is 4.14. The molecule has 0 bridgehead atoms. The van der Waals surface area contributed by atoms with Crippen molar-refractivity contribution in [1.82, 2.24) is 5.32 Å². The molecule has 0 saturated carbocycles. The fourth-order valence-corrected chi connectivity index (χ4v) is 2.15. The molecule has 0 unspecified atom stereocenters. The molecule has 1 N–H and O–H groups in total. The Morgan fingerprint density at radius 1 is 1.07 bits per heavy atom. The Morgan fingerprint density at radius 3 is 2.40 bits per heavy atom. The fraction of sp³-hybridized carbons (Fsp3) is 0.167. The van der Waals surface area contributed by atoms with Crippen molar-refractivity contribution in [2.45, 2.75) is 6.54 Å². The normalized spacial score (nSPS) is 10.0. The standard InChI is InChI=1S/C12H12BrN.ClH/c1-14-8-9-6-7-12(13)11-5-3-2-4-10(9)11;/h2-7,14H,8H2,1H3;1H. The quantitative estimate of drug-likeness (QED) is 0.887. The Morgan fingerprint density at radius 2 is 1.73 bits per heavy atom. The van der Waals surface area contributed by atoms with Gasteiger partial charge in [-0.3, -0.25) is 0 Å². The molecule has 15 heavy (non-hydrogen) atoms. The molecule has 0 aliphatic rings. The minimum absolute atomic E-state index is 0. The number of hydrogen-bond donors (Lipinski definition) is 1. The van der Waals surface area contributed by atoms with E-state index in [1.54, 1.807) is 0 Å². The molecule has 0 atom stereocenters. The average molecular weight is 287 g/mol. The molecule has 0 amide bonds. The van der Waals surface area contributed by atoms with Gasteiger partial charge in [0.25, 0.3) is 0 Å². The maximum absolute atomic E-state index is 3.56. The summed E-state index contributed by atoms with van der Waals surface area (Å²) in [6.07, 6.45) is 0. The van der Waals surface area contributed by atoms with Gasteiger partial charge < -0.3 is 5.32 Å². The van der Waals surface area contributed by atoms with E-state index >= 15 is 0 Å². The van der Waals surface area contributed by atoms with Crippen molar-refractivity contribution in [3.05, 3.63) is 46.4 Å². The summed E-state index contributed by atoms with van der Waals surface area (Å²) in [7, 11) is 1.97. The number of benzene rings is 2. The summed E-state index contributed by atoms with van der Waals surface area (Å²) < 4.78 is 1.16. The van der Waals surface area contributed by atoms with Crippen molar-refractivity contribution in [1.29, 1.82) is 0 Å². The van der Waals surface area contributed by atoms with Crippen molar-refractivity contribution in [3.8, 4) is 0 Å². The second kappa shape index (κ2) is 5.50. The molecule has 2 aromatic rings. The summed E-state index contributed by atoms with van der Waals surface area (Å²) in [5.41, 5.74) is 1.34. The van der Waals surface area contributed by atoms with Crippen molar-refractivity contribution < 1.29 is 0 Å². The molecule has 0 radical (unpaired) electrons. The number of halogens is 2. The first-order valence-electron chi connectivity index (χ1n) is 4.63. The third-order valence-electron chi connectivity index (χ3n) is 2.33. The van der Waals surface area contributed by atoms with Crippen LogP contribution in [0.5, 0.6) is 0 Å². The largest absolute Gasteiger partial charge is 0.316 e. The van der Waals surface area contributed by atoms with Crippen LogP contribution in [-0.2, 0) is 6.54 Å². The van der Waals surface area contributed by atoms with Crippen LogP contribution in [0.15, 0.2) is 40.9 Å². The summed E-state index contributed by atoms with van der Waals surface area (Å²) in [5.74, 6) is 0. The molecule has 0 spiro atoms. The minimum Gasteiger partial charge on any atom is -0.316 e. The van der Waals surface area contributed by atoms with E-state index in [0.29, 0.717) is 0 Å². The molecule has 2 aromatic carbocycles. The first-order chi connectivity index (χ1) is 6.83. The average Bonchev–Trinajstić information content (AvgIpc) is 2.23. The lowest BCUT2D eigenvalue weighted by molar-refractivity contribution is 0.823. The first kappa shape index (κ1) is 12.5. The lowest BCUT2D eigenvalue weighted by atomic mass is 10.0. The fourth-order valence-electron chi connectivity index (χ4n) is 1.67. The van der Waals surface area contributed by atoms with Gasteiger partial charge in [0.15, 0.2) is 0 Å². The Labute approximate surface area is 104 Å². The molecule has 0 saturated heterocycles. The summed E-state index contributed by atoms with van der Waals surface area (Å²) >= 11 is 3.56. The van der Waals surface area contributed by atoms with Crippen LogP contribution in [0.1, 0.15) is 5.56 Å². The van der Waals surface area contributed by atoms with E-state index in [4.69, 9.17) is 0 Å². The highest BCUT2D eigenvalue weighted by atomic mass is 79.9. The Kier molecular flexibility index (Phi) is 4.58. The highest BCUT2D eigenvalue weighted by molar-refractivity contribution is 9.10. The Hall–Kier alpha value is -0.570. The molecule has 0 heterocycles. The number of fused-ring (bicyclic) bond motifs is 1. The number of rotatable bonds is 2. The van der Waals surface area contributed by atoms with Crippen LogP contribution < -0.4 is 5.32 Å². The summed E-state index contributed by atoms with van der Waals surface area (Å²) in [5, 5.41) is 5.77. The first-order valence-corrected chi connectivity index (χ1v) is 5.43. The highest BCUT2D eigenvalue weighted by Crippen LogP contribution is 2.26. The van der Waals surface area contributed by atoms with Gasteiger partial charge in [0.2, 0.25) is 0 Å². The van der Waals surface area contributed by atoms with E-state index in [1.165, 1.54) is 16.3 Å². The third-order valence-corrected chi connectivity index (χ3v) is 3.02. The van der Waals surface area contributed by atoms with E-state index in [0.717, 1.165) is 11.0 Å². The van der Waals surface area contributed by atoms with Gasteiger partial charge in [0.1, 0.15) is 0 Å². The lowest BCUT2D eigenvalue weighted by Crippen LogP contribution is -2.05. The molecule has 0 fully saturated rings. The van der Waals surface area contributed by atoms with Crippen molar-refractivity contribution in [3.63, 3.8) is 0 Å². The minimum atomic E-state index is 0.